The Morgan fingerprint density at radius 1 is 1.35 bits per heavy atom. The molecule has 20 heavy (non-hydrogen) atoms. The van der Waals surface area contributed by atoms with Gasteiger partial charge in [-0.2, -0.15) is 0 Å². The zero-order chi connectivity index (χ0) is 14.5. The van der Waals surface area contributed by atoms with E-state index in [1.165, 1.54) is 24.1 Å². The molecule has 2 nitrogen and oxygen atoms in total. The van der Waals surface area contributed by atoms with Crippen molar-refractivity contribution in [2.45, 2.75) is 52.6 Å². The highest BCUT2D eigenvalue weighted by Crippen LogP contribution is 2.34. The van der Waals surface area contributed by atoms with E-state index in [9.17, 15) is 0 Å². The molecule has 0 aliphatic heterocycles. The van der Waals surface area contributed by atoms with E-state index in [-0.39, 0.29) is 0 Å². The van der Waals surface area contributed by atoms with Gasteiger partial charge >= 0.3 is 0 Å². The summed E-state index contributed by atoms with van der Waals surface area (Å²) >= 11 is 6.45. The fourth-order valence-corrected chi connectivity index (χ4v) is 2.74. The standard InChI is InChI=1S/C17H27ClN2/c1-4-9-19-11-14-5-6-16(10-17(14)18)20(12-13(2)3)15-7-8-15/h5-6,10,13,15,19H,4,7-9,11-12H2,1-3H3. The van der Waals surface area contributed by atoms with Crippen LogP contribution < -0.4 is 10.2 Å². The minimum absolute atomic E-state index is 0.681. The van der Waals surface area contributed by atoms with Crippen LogP contribution in [0.15, 0.2) is 18.2 Å². The van der Waals surface area contributed by atoms with Crippen LogP contribution >= 0.6 is 11.6 Å². The van der Waals surface area contributed by atoms with Crippen molar-refractivity contribution in [3.63, 3.8) is 0 Å². The minimum Gasteiger partial charge on any atom is -0.368 e. The number of hydrogen-bond acceptors (Lipinski definition) is 2. The molecule has 0 atom stereocenters. The average molecular weight is 295 g/mol. The maximum absolute atomic E-state index is 6.45. The maximum atomic E-state index is 6.45. The summed E-state index contributed by atoms with van der Waals surface area (Å²) in [7, 11) is 0. The van der Waals surface area contributed by atoms with Gasteiger partial charge in [0.15, 0.2) is 0 Å². The smallest absolute Gasteiger partial charge is 0.0471 e. The lowest BCUT2D eigenvalue weighted by molar-refractivity contribution is 0.607. The van der Waals surface area contributed by atoms with Gasteiger partial charge in [0, 0.05) is 29.8 Å². The van der Waals surface area contributed by atoms with Crippen LogP contribution in [0.25, 0.3) is 0 Å². The molecule has 2 rings (SSSR count). The van der Waals surface area contributed by atoms with Crippen molar-refractivity contribution in [1.29, 1.82) is 0 Å². The summed E-state index contributed by atoms with van der Waals surface area (Å²) in [5.41, 5.74) is 2.48. The van der Waals surface area contributed by atoms with Crippen LogP contribution in [0, 0.1) is 5.92 Å². The molecule has 0 saturated heterocycles. The van der Waals surface area contributed by atoms with Crippen LogP contribution in [0.5, 0.6) is 0 Å². The molecule has 1 saturated carbocycles. The highest BCUT2D eigenvalue weighted by Gasteiger charge is 2.29. The molecule has 0 unspecified atom stereocenters. The second-order valence-corrected chi connectivity index (χ2v) is 6.64. The second kappa shape index (κ2) is 7.33. The molecular weight excluding hydrogens is 268 g/mol. The van der Waals surface area contributed by atoms with E-state index in [4.69, 9.17) is 11.6 Å². The van der Waals surface area contributed by atoms with Crippen LogP contribution in [0.1, 0.15) is 45.6 Å². The highest BCUT2D eigenvalue weighted by atomic mass is 35.5. The van der Waals surface area contributed by atoms with E-state index in [1.807, 2.05) is 0 Å². The first kappa shape index (κ1) is 15.7. The van der Waals surface area contributed by atoms with Gasteiger partial charge in [-0.15, -0.1) is 0 Å². The molecule has 112 valence electrons. The molecule has 3 heteroatoms. The molecule has 1 fully saturated rings. The van der Waals surface area contributed by atoms with Gasteiger partial charge in [-0.3, -0.25) is 0 Å². The van der Waals surface area contributed by atoms with Gasteiger partial charge in [0.05, 0.1) is 0 Å². The fourth-order valence-electron chi connectivity index (χ4n) is 2.50. The lowest BCUT2D eigenvalue weighted by atomic mass is 10.1. The van der Waals surface area contributed by atoms with E-state index in [0.29, 0.717) is 5.92 Å². The SMILES string of the molecule is CCCNCc1ccc(N(CC(C)C)C2CC2)cc1Cl. The van der Waals surface area contributed by atoms with E-state index < -0.39 is 0 Å². The predicted molar refractivity (Wildman–Crippen MR) is 88.7 cm³/mol. The van der Waals surface area contributed by atoms with Gasteiger partial charge in [-0.05, 0) is 49.4 Å². The first-order valence-corrected chi connectivity index (χ1v) is 8.25. The summed E-state index contributed by atoms with van der Waals surface area (Å²) in [6.45, 7) is 9.76. The topological polar surface area (TPSA) is 15.3 Å². The average Bonchev–Trinajstić information content (AvgIpc) is 3.22. The summed E-state index contributed by atoms with van der Waals surface area (Å²) in [4.78, 5) is 2.53. The molecule has 1 aromatic carbocycles. The van der Waals surface area contributed by atoms with Crippen LogP contribution in [-0.4, -0.2) is 19.1 Å². The first-order valence-electron chi connectivity index (χ1n) is 7.87. The number of halogens is 1. The van der Waals surface area contributed by atoms with Gasteiger partial charge in [0.1, 0.15) is 0 Å². The monoisotopic (exact) mass is 294 g/mol. The lowest BCUT2D eigenvalue weighted by Crippen LogP contribution is -2.29. The molecule has 0 spiro atoms. The molecule has 0 aromatic heterocycles. The molecule has 0 heterocycles. The molecule has 0 amide bonds. The molecule has 0 radical (unpaired) electrons. The Hall–Kier alpha value is -0.730. The van der Waals surface area contributed by atoms with Crippen molar-refractivity contribution in [2.24, 2.45) is 5.92 Å². The third-order valence-corrected chi connectivity index (χ3v) is 4.01. The molecule has 1 aliphatic carbocycles. The first-order chi connectivity index (χ1) is 9.61. The van der Waals surface area contributed by atoms with Gasteiger partial charge in [0.2, 0.25) is 0 Å². The second-order valence-electron chi connectivity index (χ2n) is 6.23. The van der Waals surface area contributed by atoms with E-state index in [1.54, 1.807) is 0 Å². The third-order valence-electron chi connectivity index (χ3n) is 3.66. The predicted octanol–water partition coefficient (Wildman–Crippen LogP) is 4.46. The summed E-state index contributed by atoms with van der Waals surface area (Å²) in [6.07, 6.45) is 3.80. The van der Waals surface area contributed by atoms with Crippen molar-refractivity contribution < 1.29 is 0 Å². The van der Waals surface area contributed by atoms with E-state index in [2.05, 4.69) is 49.2 Å². The zero-order valence-corrected chi connectivity index (χ0v) is 13.7. The van der Waals surface area contributed by atoms with Crippen LogP contribution in [-0.2, 0) is 6.54 Å². The Morgan fingerprint density at radius 2 is 2.10 bits per heavy atom. The van der Waals surface area contributed by atoms with E-state index in [0.717, 1.165) is 37.1 Å². The van der Waals surface area contributed by atoms with Crippen molar-refractivity contribution in [3.05, 3.63) is 28.8 Å². The van der Waals surface area contributed by atoms with Crippen LogP contribution in [0.3, 0.4) is 0 Å². The number of benzene rings is 1. The van der Waals surface area contributed by atoms with Crippen molar-refractivity contribution in [1.82, 2.24) is 5.32 Å². The van der Waals surface area contributed by atoms with Crippen LogP contribution in [0.4, 0.5) is 5.69 Å². The Morgan fingerprint density at radius 3 is 2.65 bits per heavy atom. The summed E-state index contributed by atoms with van der Waals surface area (Å²) in [5.74, 6) is 0.681. The zero-order valence-electron chi connectivity index (χ0n) is 13.0. The molecule has 0 bridgehead atoms. The quantitative estimate of drug-likeness (QED) is 0.712. The number of nitrogens with one attached hydrogen (secondary N) is 1. The van der Waals surface area contributed by atoms with E-state index >= 15 is 0 Å². The number of hydrogen-bond donors (Lipinski definition) is 1. The Bertz CT molecular complexity index is 427. The maximum Gasteiger partial charge on any atom is 0.0471 e. The Balaban J connectivity index is 2.06. The van der Waals surface area contributed by atoms with Crippen molar-refractivity contribution in [2.75, 3.05) is 18.0 Å². The summed E-state index contributed by atoms with van der Waals surface area (Å²) < 4.78 is 0. The fraction of sp³-hybridized carbons (Fsp3) is 0.647. The molecule has 1 N–H and O–H groups in total. The number of nitrogens with zero attached hydrogens (tertiary/aromatic N) is 1. The summed E-state index contributed by atoms with van der Waals surface area (Å²) in [5, 5.41) is 4.30. The van der Waals surface area contributed by atoms with Gasteiger partial charge in [-0.1, -0.05) is 38.4 Å². The van der Waals surface area contributed by atoms with Gasteiger partial charge < -0.3 is 10.2 Å². The Kier molecular flexibility index (Phi) is 5.74. The molecular formula is C17H27ClN2. The largest absolute Gasteiger partial charge is 0.368 e. The summed E-state index contributed by atoms with van der Waals surface area (Å²) in [6, 6.07) is 7.29. The third kappa shape index (κ3) is 4.39. The van der Waals surface area contributed by atoms with Crippen molar-refractivity contribution in [3.8, 4) is 0 Å². The minimum atomic E-state index is 0.681. The Labute approximate surface area is 128 Å². The van der Waals surface area contributed by atoms with Crippen LogP contribution in [0.2, 0.25) is 5.02 Å². The normalized spacial score (nSPS) is 14.8. The lowest BCUT2D eigenvalue weighted by Gasteiger charge is -2.27. The van der Waals surface area contributed by atoms with Gasteiger partial charge in [0.25, 0.3) is 0 Å². The highest BCUT2D eigenvalue weighted by molar-refractivity contribution is 6.31. The molecule has 1 aromatic rings. The number of rotatable bonds is 8. The van der Waals surface area contributed by atoms with Crippen molar-refractivity contribution >= 4 is 17.3 Å². The van der Waals surface area contributed by atoms with Gasteiger partial charge in [-0.25, -0.2) is 0 Å². The molecule has 1 aliphatic rings. The number of anilines is 1.